The zero-order valence-electron chi connectivity index (χ0n) is 56.7. The van der Waals surface area contributed by atoms with E-state index in [2.05, 4.69) is 31.3 Å². The topological polar surface area (TPSA) is 228 Å². The Labute approximate surface area is 539 Å². The summed E-state index contributed by atoms with van der Waals surface area (Å²) >= 11 is 0. The number of hydrogen-bond donors (Lipinski definition) is 9. The van der Waals surface area contributed by atoms with Gasteiger partial charge in [0.15, 0.2) is 12.6 Å². The molecule has 0 saturated carbocycles. The third-order valence-corrected chi connectivity index (χ3v) is 18.6. The Morgan fingerprint density at radius 1 is 0.398 bits per heavy atom. The third-order valence-electron chi connectivity index (χ3n) is 18.6. The Morgan fingerprint density at radius 3 is 1.08 bits per heavy atom. The standard InChI is InChI=1S/C74H141NO13/c1-3-5-7-9-11-13-15-17-19-21-23-25-26-27-28-29-30-31-32-33-34-35-36-38-40-42-44-46-48-50-52-54-56-58-66(79)75-62(63(78)57-55-53-51-49-47-45-43-41-39-37-24-22-20-18-16-14-12-10-8-6-4-2)61-85-73-71(84)69(82)72(65(60-77)87-73)88-74-70(83)68(81)67(80)64(59-76)86-74/h21,23,55,57,62-65,67-74,76-78,80-84H,3-20,22,24-54,56,58-61H2,1-2H3,(H,75,79)/b23-21-,57-55+. The highest BCUT2D eigenvalue weighted by Gasteiger charge is 2.51. The number of unbranched alkanes of at least 4 members (excludes halogenated alkanes) is 48. The van der Waals surface area contributed by atoms with E-state index in [9.17, 15) is 45.6 Å². The second kappa shape index (κ2) is 59.2. The van der Waals surface area contributed by atoms with Gasteiger partial charge in [-0.1, -0.05) is 321 Å². The smallest absolute Gasteiger partial charge is 0.220 e. The van der Waals surface area contributed by atoms with Crippen molar-refractivity contribution in [2.75, 3.05) is 19.8 Å². The molecule has 0 aliphatic carbocycles. The number of amides is 1. The summed E-state index contributed by atoms with van der Waals surface area (Å²) < 4.78 is 22.9. The van der Waals surface area contributed by atoms with Gasteiger partial charge in [0.1, 0.15) is 48.8 Å². The van der Waals surface area contributed by atoms with E-state index in [4.69, 9.17) is 18.9 Å². The molecule has 2 fully saturated rings. The first kappa shape index (κ1) is 82.6. The van der Waals surface area contributed by atoms with Gasteiger partial charge < -0.3 is 65.1 Å². The first-order valence-corrected chi connectivity index (χ1v) is 37.6. The minimum Gasteiger partial charge on any atom is -0.394 e. The number of allylic oxidation sites excluding steroid dienone is 3. The molecule has 0 bridgehead atoms. The largest absolute Gasteiger partial charge is 0.394 e. The summed E-state index contributed by atoms with van der Waals surface area (Å²) in [5.41, 5.74) is 0. The van der Waals surface area contributed by atoms with Gasteiger partial charge >= 0.3 is 0 Å². The van der Waals surface area contributed by atoms with Crippen molar-refractivity contribution >= 4 is 5.91 Å². The van der Waals surface area contributed by atoms with Crippen LogP contribution in [0.2, 0.25) is 0 Å². The summed E-state index contributed by atoms with van der Waals surface area (Å²) in [6.07, 6.45) is 58.2. The van der Waals surface area contributed by atoms with Crippen molar-refractivity contribution in [3.63, 3.8) is 0 Å². The molecule has 2 saturated heterocycles. The zero-order valence-corrected chi connectivity index (χ0v) is 56.7. The van der Waals surface area contributed by atoms with Crippen LogP contribution < -0.4 is 5.32 Å². The van der Waals surface area contributed by atoms with E-state index in [0.717, 1.165) is 38.5 Å². The Morgan fingerprint density at radius 2 is 0.716 bits per heavy atom. The Bertz CT molecular complexity index is 1570. The van der Waals surface area contributed by atoms with Crippen LogP contribution in [-0.2, 0) is 23.7 Å². The molecule has 2 aliphatic heterocycles. The van der Waals surface area contributed by atoms with Crippen molar-refractivity contribution in [1.29, 1.82) is 0 Å². The zero-order chi connectivity index (χ0) is 63.8. The Balaban J connectivity index is 1.62. The molecule has 12 unspecified atom stereocenters. The predicted molar refractivity (Wildman–Crippen MR) is 360 cm³/mol. The highest BCUT2D eigenvalue weighted by molar-refractivity contribution is 5.76. The lowest BCUT2D eigenvalue weighted by molar-refractivity contribution is -0.359. The molecule has 1 amide bonds. The number of nitrogens with one attached hydrogen (secondary N) is 1. The van der Waals surface area contributed by atoms with Crippen LogP contribution in [0.4, 0.5) is 0 Å². The van der Waals surface area contributed by atoms with Crippen molar-refractivity contribution in [3.8, 4) is 0 Å². The second-order valence-corrected chi connectivity index (χ2v) is 26.8. The fraction of sp³-hybridized carbons (Fsp3) is 0.932. The van der Waals surface area contributed by atoms with Crippen LogP contribution in [0.5, 0.6) is 0 Å². The lowest BCUT2D eigenvalue weighted by Gasteiger charge is -2.46. The van der Waals surface area contributed by atoms with Crippen LogP contribution in [0.3, 0.4) is 0 Å². The van der Waals surface area contributed by atoms with Gasteiger partial charge in [0.2, 0.25) is 5.91 Å². The lowest BCUT2D eigenvalue weighted by Crippen LogP contribution is -2.65. The van der Waals surface area contributed by atoms with Gasteiger partial charge in [-0.2, -0.15) is 0 Å². The molecule has 0 radical (unpaired) electrons. The maximum absolute atomic E-state index is 13.4. The Hall–Kier alpha value is -1.53. The van der Waals surface area contributed by atoms with E-state index in [1.54, 1.807) is 6.08 Å². The molecule has 88 heavy (non-hydrogen) atoms. The van der Waals surface area contributed by atoms with E-state index >= 15 is 0 Å². The van der Waals surface area contributed by atoms with Crippen molar-refractivity contribution in [3.05, 3.63) is 24.3 Å². The summed E-state index contributed by atoms with van der Waals surface area (Å²) in [7, 11) is 0. The van der Waals surface area contributed by atoms with Crippen LogP contribution in [0.1, 0.15) is 348 Å². The van der Waals surface area contributed by atoms with E-state index in [1.807, 2.05) is 6.08 Å². The minimum atomic E-state index is -1.79. The number of aliphatic hydroxyl groups is 8. The molecule has 14 heteroatoms. The first-order chi connectivity index (χ1) is 43.1. The van der Waals surface area contributed by atoms with Gasteiger partial charge in [0.25, 0.3) is 0 Å². The number of carbonyl (C=O) groups is 1. The van der Waals surface area contributed by atoms with Gasteiger partial charge in [0, 0.05) is 6.42 Å². The van der Waals surface area contributed by atoms with Gasteiger partial charge in [-0.25, -0.2) is 0 Å². The molecule has 2 rings (SSSR count). The van der Waals surface area contributed by atoms with Gasteiger partial charge in [-0.15, -0.1) is 0 Å². The van der Waals surface area contributed by atoms with Crippen LogP contribution in [-0.4, -0.2) is 140 Å². The van der Waals surface area contributed by atoms with Gasteiger partial charge in [-0.3, -0.25) is 4.79 Å². The summed E-state index contributed by atoms with van der Waals surface area (Å²) in [4.78, 5) is 13.4. The quantitative estimate of drug-likeness (QED) is 0.0204. The molecule has 2 heterocycles. The normalized spacial score (nSPS) is 23.2. The SMILES string of the molecule is CCCCCCCCCC/C=C\CCCCCCCCCCCCCCCCCCCCCCCC(=O)NC(COC1OC(CO)C(OC2OC(CO)C(O)C(O)C2O)C(O)C1O)C(O)/C=C/CCCCCCCCCCCCCCCCCCCCC. The second-order valence-electron chi connectivity index (χ2n) is 26.8. The van der Waals surface area contributed by atoms with Crippen LogP contribution >= 0.6 is 0 Å². The summed E-state index contributed by atoms with van der Waals surface area (Å²) in [6.45, 7) is 2.86. The summed E-state index contributed by atoms with van der Waals surface area (Å²) in [5.74, 6) is -0.231. The highest BCUT2D eigenvalue weighted by Crippen LogP contribution is 2.30. The number of carbonyl (C=O) groups excluding carboxylic acids is 1. The van der Waals surface area contributed by atoms with Crippen molar-refractivity contribution in [2.24, 2.45) is 0 Å². The van der Waals surface area contributed by atoms with E-state index < -0.39 is 86.8 Å². The number of rotatable bonds is 63. The van der Waals surface area contributed by atoms with E-state index in [1.165, 1.54) is 283 Å². The van der Waals surface area contributed by atoms with Gasteiger partial charge in [-0.05, 0) is 44.9 Å². The molecule has 9 N–H and O–H groups in total. The summed E-state index contributed by atoms with van der Waals surface area (Å²) in [6, 6.07) is -0.913. The fourth-order valence-electron chi connectivity index (χ4n) is 12.6. The molecule has 2 aliphatic rings. The van der Waals surface area contributed by atoms with Crippen molar-refractivity contribution < 1.29 is 64.6 Å². The maximum atomic E-state index is 13.4. The maximum Gasteiger partial charge on any atom is 0.220 e. The molecule has 0 aromatic carbocycles. The van der Waals surface area contributed by atoms with Crippen LogP contribution in [0, 0.1) is 0 Å². The van der Waals surface area contributed by atoms with Gasteiger partial charge in [0.05, 0.1) is 32.0 Å². The first-order valence-electron chi connectivity index (χ1n) is 37.6. The number of hydrogen-bond acceptors (Lipinski definition) is 13. The molecule has 0 aromatic heterocycles. The number of aliphatic hydroxyl groups excluding tert-OH is 8. The van der Waals surface area contributed by atoms with Crippen molar-refractivity contribution in [2.45, 2.75) is 421 Å². The molecule has 0 spiro atoms. The third kappa shape index (κ3) is 42.6. The van der Waals surface area contributed by atoms with Crippen LogP contribution in [0.25, 0.3) is 0 Å². The van der Waals surface area contributed by atoms with E-state index in [-0.39, 0.29) is 18.9 Å². The monoisotopic (exact) mass is 1250 g/mol. The Kier molecular flexibility index (Phi) is 55.6. The fourth-order valence-corrected chi connectivity index (χ4v) is 12.6. The molecular formula is C74H141NO13. The highest BCUT2D eigenvalue weighted by atomic mass is 16.7. The molecule has 0 aromatic rings. The average Bonchev–Trinajstić information content (AvgIpc) is 2.07. The van der Waals surface area contributed by atoms with Crippen LogP contribution in [0.15, 0.2) is 24.3 Å². The number of ether oxygens (including phenoxy) is 4. The summed E-state index contributed by atoms with van der Waals surface area (Å²) in [5, 5.41) is 87.5. The predicted octanol–water partition coefficient (Wildman–Crippen LogP) is 15.9. The average molecular weight is 1250 g/mol. The van der Waals surface area contributed by atoms with Crippen molar-refractivity contribution in [1.82, 2.24) is 5.32 Å². The molecule has 12 atom stereocenters. The molecule has 520 valence electrons. The molecular weight excluding hydrogens is 1110 g/mol. The molecule has 14 nitrogen and oxygen atoms in total. The van der Waals surface area contributed by atoms with E-state index in [0.29, 0.717) is 6.42 Å². The minimum absolute atomic E-state index is 0.231. The lowest BCUT2D eigenvalue weighted by atomic mass is 9.97.